The third-order valence-electron chi connectivity index (χ3n) is 5.30. The van der Waals surface area contributed by atoms with Crippen LogP contribution in [-0.4, -0.2) is 36.9 Å². The van der Waals surface area contributed by atoms with Crippen molar-refractivity contribution in [3.63, 3.8) is 0 Å². The molecule has 6 heteroatoms. The molecule has 0 aliphatic rings. The maximum atomic E-state index is 13.6. The zero-order chi connectivity index (χ0) is 22.9. The van der Waals surface area contributed by atoms with Crippen LogP contribution in [0.1, 0.15) is 35.7 Å². The molecule has 0 aliphatic carbocycles. The van der Waals surface area contributed by atoms with Crippen LogP contribution >= 0.6 is 0 Å². The fourth-order valence-electron chi connectivity index (χ4n) is 3.45. The van der Waals surface area contributed by atoms with E-state index >= 15 is 0 Å². The van der Waals surface area contributed by atoms with Gasteiger partial charge in [0.2, 0.25) is 11.9 Å². The number of carbonyl (C=O) groups excluding carboxylic acids is 2. The van der Waals surface area contributed by atoms with E-state index in [1.807, 2.05) is 43.3 Å². The number of rotatable bonds is 10. The molecule has 0 radical (unpaired) electrons. The summed E-state index contributed by atoms with van der Waals surface area (Å²) in [5, 5.41) is 0. The maximum absolute atomic E-state index is 13.6. The van der Waals surface area contributed by atoms with E-state index in [1.165, 1.54) is 6.20 Å². The second kappa shape index (κ2) is 11.3. The van der Waals surface area contributed by atoms with Gasteiger partial charge in [0.05, 0.1) is 6.61 Å². The number of carbonyl (C=O) groups is 2. The van der Waals surface area contributed by atoms with Crippen LogP contribution < -0.4 is 4.90 Å². The summed E-state index contributed by atoms with van der Waals surface area (Å²) in [5.41, 5.74) is 3.82. The largest absolute Gasteiger partial charge is 0.383 e. The van der Waals surface area contributed by atoms with Crippen LogP contribution in [0.15, 0.2) is 66.9 Å². The molecular formula is C26H27FN2O3. The number of nitrogens with zero attached hydrogens (tertiary/aromatic N) is 2. The molecule has 2 aromatic carbocycles. The summed E-state index contributed by atoms with van der Waals surface area (Å²) < 4.78 is 18.8. The maximum Gasteiger partial charge on any atom is 0.226 e. The molecule has 0 fully saturated rings. The topological polar surface area (TPSA) is 59.5 Å². The molecule has 1 aromatic heterocycles. The lowest BCUT2D eigenvalue weighted by atomic mass is 9.99. The van der Waals surface area contributed by atoms with E-state index < -0.39 is 5.95 Å². The van der Waals surface area contributed by atoms with E-state index in [1.54, 1.807) is 36.3 Å². The molecule has 32 heavy (non-hydrogen) atoms. The molecule has 166 valence electrons. The quantitative estimate of drug-likeness (QED) is 0.329. The number of hydrogen-bond acceptors (Lipinski definition) is 4. The number of ether oxygens (including phenoxy) is 1. The second-order valence-corrected chi connectivity index (χ2v) is 7.39. The minimum absolute atomic E-state index is 0.0398. The number of halogens is 1. The van der Waals surface area contributed by atoms with Crippen LogP contribution in [-0.2, 0) is 16.0 Å². The van der Waals surface area contributed by atoms with Gasteiger partial charge in [0.1, 0.15) is 0 Å². The van der Waals surface area contributed by atoms with E-state index in [0.717, 1.165) is 16.8 Å². The van der Waals surface area contributed by atoms with Crippen LogP contribution in [0.4, 0.5) is 10.1 Å². The van der Waals surface area contributed by atoms with Crippen molar-refractivity contribution in [2.45, 2.75) is 26.2 Å². The fraction of sp³-hybridized carbons (Fsp3) is 0.269. The zero-order valence-electron chi connectivity index (χ0n) is 18.4. The molecule has 3 aromatic rings. The number of pyridine rings is 1. The first-order chi connectivity index (χ1) is 15.5. The summed E-state index contributed by atoms with van der Waals surface area (Å²) >= 11 is 0. The molecule has 0 saturated heterocycles. The molecule has 0 spiro atoms. The lowest BCUT2D eigenvalue weighted by Crippen LogP contribution is -2.33. The third-order valence-corrected chi connectivity index (χ3v) is 5.30. The fourth-order valence-corrected chi connectivity index (χ4v) is 3.45. The molecule has 0 aliphatic heterocycles. The van der Waals surface area contributed by atoms with Gasteiger partial charge in [0.15, 0.2) is 5.78 Å². The Morgan fingerprint density at radius 2 is 1.66 bits per heavy atom. The monoisotopic (exact) mass is 434 g/mol. The summed E-state index contributed by atoms with van der Waals surface area (Å²) in [4.78, 5) is 30.1. The Hall–Kier alpha value is -3.38. The minimum Gasteiger partial charge on any atom is -0.383 e. The van der Waals surface area contributed by atoms with Crippen LogP contribution in [0.2, 0.25) is 0 Å². The van der Waals surface area contributed by atoms with Crippen LogP contribution in [0.25, 0.3) is 11.1 Å². The van der Waals surface area contributed by atoms with E-state index in [-0.39, 0.29) is 18.1 Å². The first-order valence-corrected chi connectivity index (χ1v) is 10.7. The van der Waals surface area contributed by atoms with Crippen LogP contribution in [0.5, 0.6) is 0 Å². The summed E-state index contributed by atoms with van der Waals surface area (Å²) in [6.07, 6.45) is 2.36. The number of anilines is 1. The highest BCUT2D eigenvalue weighted by atomic mass is 19.1. The standard InChI is InChI=1S/C26H27FN2O3/c1-3-25(31)29(17-18-32-2)23-13-10-20(11-14-23)19-6-8-21(9-7-19)24(30)15-12-22-5-4-16-28-26(22)27/h4-11,13-14,16H,3,12,15,17-18H2,1-2H3. The van der Waals surface area contributed by atoms with Gasteiger partial charge in [-0.15, -0.1) is 0 Å². The Morgan fingerprint density at radius 3 is 2.25 bits per heavy atom. The Morgan fingerprint density at radius 1 is 1.00 bits per heavy atom. The summed E-state index contributed by atoms with van der Waals surface area (Å²) in [6, 6.07) is 18.4. The van der Waals surface area contributed by atoms with Crippen LogP contribution in [0, 0.1) is 5.95 Å². The molecule has 0 unspecified atom stereocenters. The highest BCUT2D eigenvalue weighted by Crippen LogP contribution is 2.24. The highest BCUT2D eigenvalue weighted by molar-refractivity contribution is 5.96. The van der Waals surface area contributed by atoms with Crippen molar-refractivity contribution in [3.8, 4) is 11.1 Å². The Labute approximate surface area is 187 Å². The van der Waals surface area contributed by atoms with Gasteiger partial charge in [-0.2, -0.15) is 4.39 Å². The van der Waals surface area contributed by atoms with Gasteiger partial charge in [-0.25, -0.2) is 4.98 Å². The number of Topliss-reactive ketones (excluding diaryl/α,β-unsaturated/α-hetero) is 1. The predicted molar refractivity (Wildman–Crippen MR) is 123 cm³/mol. The van der Waals surface area contributed by atoms with Crippen LogP contribution in [0.3, 0.4) is 0 Å². The van der Waals surface area contributed by atoms with Gasteiger partial charge in [-0.05, 0) is 35.7 Å². The summed E-state index contributed by atoms with van der Waals surface area (Å²) in [5.74, 6) is -0.522. The van der Waals surface area contributed by atoms with Gasteiger partial charge in [-0.1, -0.05) is 49.4 Å². The lowest BCUT2D eigenvalue weighted by Gasteiger charge is -2.22. The molecule has 1 amide bonds. The second-order valence-electron chi connectivity index (χ2n) is 7.39. The molecule has 0 bridgehead atoms. The average Bonchev–Trinajstić information content (AvgIpc) is 2.84. The number of hydrogen-bond donors (Lipinski definition) is 0. The van der Waals surface area contributed by atoms with E-state index in [2.05, 4.69) is 4.98 Å². The van der Waals surface area contributed by atoms with Crippen molar-refractivity contribution < 1.29 is 18.7 Å². The van der Waals surface area contributed by atoms with Crippen molar-refractivity contribution in [1.29, 1.82) is 0 Å². The molecule has 1 heterocycles. The van der Waals surface area contributed by atoms with Crippen molar-refractivity contribution in [2.24, 2.45) is 0 Å². The lowest BCUT2D eigenvalue weighted by molar-refractivity contribution is -0.118. The molecule has 3 rings (SSSR count). The minimum atomic E-state index is -0.527. The predicted octanol–water partition coefficient (Wildman–Crippen LogP) is 5.09. The SMILES string of the molecule is CCC(=O)N(CCOC)c1ccc(-c2ccc(C(=O)CCc3cccnc3F)cc2)cc1. The number of aryl methyl sites for hydroxylation is 1. The van der Waals surface area contributed by atoms with E-state index in [0.29, 0.717) is 37.1 Å². The zero-order valence-corrected chi connectivity index (χ0v) is 18.4. The molecule has 0 saturated carbocycles. The van der Waals surface area contributed by atoms with Gasteiger partial charge in [-0.3, -0.25) is 9.59 Å². The van der Waals surface area contributed by atoms with Crippen molar-refractivity contribution in [3.05, 3.63) is 83.9 Å². The Balaban J connectivity index is 1.66. The van der Waals surface area contributed by atoms with Crippen molar-refractivity contribution >= 4 is 17.4 Å². The van der Waals surface area contributed by atoms with Gasteiger partial charge < -0.3 is 9.64 Å². The van der Waals surface area contributed by atoms with Gasteiger partial charge in [0, 0.05) is 49.5 Å². The Kier molecular flexibility index (Phi) is 8.22. The highest BCUT2D eigenvalue weighted by Gasteiger charge is 2.14. The first-order valence-electron chi connectivity index (χ1n) is 10.7. The number of amides is 1. The first kappa shape index (κ1) is 23.3. The molecule has 0 N–H and O–H groups in total. The van der Waals surface area contributed by atoms with E-state index in [9.17, 15) is 14.0 Å². The van der Waals surface area contributed by atoms with Gasteiger partial charge in [0.25, 0.3) is 0 Å². The summed E-state index contributed by atoms with van der Waals surface area (Å²) in [6.45, 7) is 2.81. The number of benzene rings is 2. The summed E-state index contributed by atoms with van der Waals surface area (Å²) in [7, 11) is 1.61. The van der Waals surface area contributed by atoms with Gasteiger partial charge >= 0.3 is 0 Å². The van der Waals surface area contributed by atoms with Crippen molar-refractivity contribution in [1.82, 2.24) is 4.98 Å². The van der Waals surface area contributed by atoms with E-state index in [4.69, 9.17) is 4.74 Å². The Bertz CT molecular complexity index is 1050. The van der Waals surface area contributed by atoms with Crippen molar-refractivity contribution in [2.75, 3.05) is 25.2 Å². The number of ketones is 1. The average molecular weight is 435 g/mol. The molecular weight excluding hydrogens is 407 g/mol. The third kappa shape index (κ3) is 5.86. The smallest absolute Gasteiger partial charge is 0.226 e. The number of methoxy groups -OCH3 is 1. The normalized spacial score (nSPS) is 10.7. The molecule has 5 nitrogen and oxygen atoms in total. The molecule has 0 atom stereocenters. The number of aromatic nitrogens is 1.